The fourth-order valence-corrected chi connectivity index (χ4v) is 2.40. The summed E-state index contributed by atoms with van der Waals surface area (Å²) in [6, 6.07) is 12.5. The van der Waals surface area contributed by atoms with Gasteiger partial charge < -0.3 is 10.0 Å². The summed E-state index contributed by atoms with van der Waals surface area (Å²) in [6.07, 6.45) is 0. The van der Waals surface area contributed by atoms with Gasteiger partial charge in [0.1, 0.15) is 0 Å². The Kier molecular flexibility index (Phi) is 4.93. The number of anilines is 1. The van der Waals surface area contributed by atoms with Gasteiger partial charge in [0.15, 0.2) is 0 Å². The Morgan fingerprint density at radius 3 is 2.48 bits per heavy atom. The van der Waals surface area contributed by atoms with Crippen molar-refractivity contribution in [1.29, 1.82) is 0 Å². The SMILES string of the molecule is CN(Cc1ccc(Br)cc1)c1ccc([N+](=O)[O-])cc1CO. The lowest BCUT2D eigenvalue weighted by molar-refractivity contribution is -0.384. The number of hydrogen-bond acceptors (Lipinski definition) is 4. The molecule has 0 aromatic heterocycles. The first kappa shape index (κ1) is 15.5. The van der Waals surface area contributed by atoms with Crippen molar-refractivity contribution in [2.75, 3.05) is 11.9 Å². The Morgan fingerprint density at radius 2 is 1.90 bits per heavy atom. The van der Waals surface area contributed by atoms with E-state index in [2.05, 4.69) is 15.9 Å². The average molecular weight is 351 g/mol. The minimum Gasteiger partial charge on any atom is -0.392 e. The first-order chi connectivity index (χ1) is 10.0. The molecule has 5 nitrogen and oxygen atoms in total. The Balaban J connectivity index is 2.23. The van der Waals surface area contributed by atoms with Crippen LogP contribution in [-0.2, 0) is 13.2 Å². The molecule has 110 valence electrons. The number of non-ortho nitro benzene ring substituents is 1. The van der Waals surface area contributed by atoms with Crippen LogP contribution in [0.2, 0.25) is 0 Å². The van der Waals surface area contributed by atoms with Gasteiger partial charge in [0.25, 0.3) is 5.69 Å². The van der Waals surface area contributed by atoms with E-state index < -0.39 is 4.92 Å². The number of halogens is 1. The number of nitro groups is 1. The summed E-state index contributed by atoms with van der Waals surface area (Å²) < 4.78 is 1.01. The van der Waals surface area contributed by atoms with Gasteiger partial charge in [-0.1, -0.05) is 28.1 Å². The third-order valence-corrected chi connectivity index (χ3v) is 3.72. The molecule has 2 rings (SSSR count). The van der Waals surface area contributed by atoms with Crippen molar-refractivity contribution in [3.05, 3.63) is 68.2 Å². The quantitative estimate of drug-likeness (QED) is 0.662. The maximum atomic E-state index is 10.8. The second kappa shape index (κ2) is 6.69. The van der Waals surface area contributed by atoms with Crippen LogP contribution >= 0.6 is 15.9 Å². The zero-order valence-electron chi connectivity index (χ0n) is 11.5. The molecule has 0 saturated carbocycles. The van der Waals surface area contributed by atoms with Crippen molar-refractivity contribution in [3.8, 4) is 0 Å². The van der Waals surface area contributed by atoms with Crippen LogP contribution in [0.25, 0.3) is 0 Å². The predicted molar refractivity (Wildman–Crippen MR) is 85.3 cm³/mol. The van der Waals surface area contributed by atoms with Gasteiger partial charge in [0, 0.05) is 41.4 Å². The zero-order valence-corrected chi connectivity index (χ0v) is 13.1. The molecule has 21 heavy (non-hydrogen) atoms. The van der Waals surface area contributed by atoms with Crippen LogP contribution in [0, 0.1) is 10.1 Å². The molecule has 0 bridgehead atoms. The molecule has 0 amide bonds. The second-order valence-electron chi connectivity index (χ2n) is 4.71. The summed E-state index contributed by atoms with van der Waals surface area (Å²) in [6.45, 7) is 0.416. The van der Waals surface area contributed by atoms with Crippen LogP contribution < -0.4 is 4.90 Å². The molecule has 0 aliphatic heterocycles. The summed E-state index contributed by atoms with van der Waals surface area (Å²) >= 11 is 3.39. The van der Waals surface area contributed by atoms with Crippen LogP contribution in [0.15, 0.2) is 46.9 Å². The van der Waals surface area contributed by atoms with Gasteiger partial charge >= 0.3 is 0 Å². The first-order valence-corrected chi connectivity index (χ1v) is 7.14. The first-order valence-electron chi connectivity index (χ1n) is 6.35. The zero-order chi connectivity index (χ0) is 15.4. The van der Waals surface area contributed by atoms with Crippen LogP contribution in [-0.4, -0.2) is 17.1 Å². The van der Waals surface area contributed by atoms with Crippen molar-refractivity contribution < 1.29 is 10.0 Å². The van der Waals surface area contributed by atoms with Gasteiger partial charge in [-0.15, -0.1) is 0 Å². The molecule has 0 aliphatic rings. The van der Waals surface area contributed by atoms with E-state index in [1.54, 1.807) is 6.07 Å². The molecule has 0 radical (unpaired) electrons. The summed E-state index contributed by atoms with van der Waals surface area (Å²) in [7, 11) is 1.89. The van der Waals surface area contributed by atoms with Crippen molar-refractivity contribution >= 4 is 27.3 Å². The minimum atomic E-state index is -0.461. The summed E-state index contributed by atoms with van der Waals surface area (Å²) in [5.41, 5.74) is 2.43. The maximum Gasteiger partial charge on any atom is 0.269 e. The van der Waals surface area contributed by atoms with Gasteiger partial charge in [0.05, 0.1) is 11.5 Å². The van der Waals surface area contributed by atoms with Gasteiger partial charge in [-0.2, -0.15) is 0 Å². The fraction of sp³-hybridized carbons (Fsp3) is 0.200. The molecule has 0 fully saturated rings. The second-order valence-corrected chi connectivity index (χ2v) is 5.63. The third kappa shape index (κ3) is 3.80. The van der Waals surface area contributed by atoms with Gasteiger partial charge in [-0.3, -0.25) is 10.1 Å². The van der Waals surface area contributed by atoms with E-state index in [4.69, 9.17) is 0 Å². The van der Waals surface area contributed by atoms with E-state index in [-0.39, 0.29) is 12.3 Å². The van der Waals surface area contributed by atoms with Gasteiger partial charge in [-0.25, -0.2) is 0 Å². The third-order valence-electron chi connectivity index (χ3n) is 3.19. The molecule has 0 unspecified atom stereocenters. The Morgan fingerprint density at radius 1 is 1.24 bits per heavy atom. The lowest BCUT2D eigenvalue weighted by Crippen LogP contribution is -2.18. The fourth-order valence-electron chi connectivity index (χ4n) is 2.13. The van der Waals surface area contributed by atoms with E-state index in [0.29, 0.717) is 12.1 Å². The largest absolute Gasteiger partial charge is 0.392 e. The lowest BCUT2D eigenvalue weighted by Gasteiger charge is -2.22. The minimum absolute atomic E-state index is 0.0140. The molecular formula is C15H15BrN2O3. The Labute approximate surface area is 131 Å². The van der Waals surface area contributed by atoms with Crippen LogP contribution in [0.4, 0.5) is 11.4 Å². The number of benzene rings is 2. The molecule has 0 atom stereocenters. The topological polar surface area (TPSA) is 66.6 Å². The number of hydrogen-bond donors (Lipinski definition) is 1. The number of aliphatic hydroxyl groups is 1. The van der Waals surface area contributed by atoms with Crippen LogP contribution in [0.1, 0.15) is 11.1 Å². The molecular weight excluding hydrogens is 336 g/mol. The van der Waals surface area contributed by atoms with E-state index in [1.165, 1.54) is 12.1 Å². The standard InChI is InChI=1S/C15H15BrN2O3/c1-17(9-11-2-4-13(16)5-3-11)15-7-6-14(18(20)21)8-12(15)10-19/h2-8,19H,9-10H2,1H3. The molecule has 2 aromatic carbocycles. The molecule has 2 aromatic rings. The normalized spacial score (nSPS) is 10.4. The van der Waals surface area contributed by atoms with Crippen LogP contribution in [0.5, 0.6) is 0 Å². The maximum absolute atomic E-state index is 10.8. The van der Waals surface area contributed by atoms with E-state index in [9.17, 15) is 15.2 Å². The summed E-state index contributed by atoms with van der Waals surface area (Å²) in [4.78, 5) is 12.3. The lowest BCUT2D eigenvalue weighted by atomic mass is 10.1. The number of nitro benzene ring substituents is 1. The van der Waals surface area contributed by atoms with Crippen molar-refractivity contribution in [1.82, 2.24) is 0 Å². The highest BCUT2D eigenvalue weighted by atomic mass is 79.9. The monoisotopic (exact) mass is 350 g/mol. The highest BCUT2D eigenvalue weighted by Crippen LogP contribution is 2.26. The van der Waals surface area contributed by atoms with Gasteiger partial charge in [-0.05, 0) is 23.8 Å². The smallest absolute Gasteiger partial charge is 0.269 e. The van der Waals surface area contributed by atoms with Crippen LogP contribution in [0.3, 0.4) is 0 Å². The van der Waals surface area contributed by atoms with E-state index in [1.807, 2.05) is 36.2 Å². The molecule has 0 aliphatic carbocycles. The van der Waals surface area contributed by atoms with Crippen molar-refractivity contribution in [2.24, 2.45) is 0 Å². The predicted octanol–water partition coefficient (Wildman–Crippen LogP) is 3.49. The summed E-state index contributed by atoms with van der Waals surface area (Å²) in [5.74, 6) is 0. The highest BCUT2D eigenvalue weighted by Gasteiger charge is 2.13. The van der Waals surface area contributed by atoms with E-state index in [0.717, 1.165) is 15.7 Å². The number of rotatable bonds is 5. The Bertz CT molecular complexity index is 644. The molecule has 0 spiro atoms. The molecule has 0 heterocycles. The highest BCUT2D eigenvalue weighted by molar-refractivity contribution is 9.10. The summed E-state index contributed by atoms with van der Waals surface area (Å²) in [5, 5.41) is 20.2. The number of nitrogens with zero attached hydrogens (tertiary/aromatic N) is 2. The van der Waals surface area contributed by atoms with Crippen molar-refractivity contribution in [2.45, 2.75) is 13.2 Å². The Hall–Kier alpha value is -1.92. The molecule has 1 N–H and O–H groups in total. The van der Waals surface area contributed by atoms with Gasteiger partial charge in [0.2, 0.25) is 0 Å². The molecule has 0 saturated heterocycles. The molecule has 6 heteroatoms. The van der Waals surface area contributed by atoms with E-state index >= 15 is 0 Å². The van der Waals surface area contributed by atoms with Crippen molar-refractivity contribution in [3.63, 3.8) is 0 Å². The number of aliphatic hydroxyl groups excluding tert-OH is 1. The average Bonchev–Trinajstić information content (AvgIpc) is 2.48.